The Kier molecular flexibility index (Phi) is 2.12. The number of hydrogen-bond donors (Lipinski definition) is 1. The molecule has 2 heterocycles. The topological polar surface area (TPSA) is 42.2 Å². The van der Waals surface area contributed by atoms with Gasteiger partial charge in [0.1, 0.15) is 10.8 Å². The molecule has 0 amide bonds. The Bertz CT molecular complexity index is 370. The molecule has 1 aliphatic heterocycles. The van der Waals surface area contributed by atoms with Crippen LogP contribution in [0.4, 0.5) is 10.8 Å². The van der Waals surface area contributed by atoms with Gasteiger partial charge in [0.25, 0.3) is 0 Å². The van der Waals surface area contributed by atoms with E-state index in [9.17, 15) is 0 Å². The molecule has 3 nitrogen and oxygen atoms in total. The third-order valence-corrected chi connectivity index (χ3v) is 4.37. The average Bonchev–Trinajstić information content (AvgIpc) is 2.84. The molecule has 1 aromatic heterocycles. The van der Waals surface area contributed by atoms with Gasteiger partial charge in [-0.05, 0) is 42.6 Å². The molecule has 0 bridgehead atoms. The molecule has 1 aliphatic carbocycles. The minimum atomic E-state index is 0.717. The highest BCUT2D eigenvalue weighted by Gasteiger charge is 2.33. The summed E-state index contributed by atoms with van der Waals surface area (Å²) in [5.41, 5.74) is 7.31. The van der Waals surface area contributed by atoms with Crippen molar-refractivity contribution in [3.63, 3.8) is 0 Å². The van der Waals surface area contributed by atoms with Crippen LogP contribution in [0.2, 0.25) is 0 Å². The van der Waals surface area contributed by atoms with Gasteiger partial charge in [-0.1, -0.05) is 6.92 Å². The molecule has 0 spiro atoms. The van der Waals surface area contributed by atoms with Crippen molar-refractivity contribution in [1.82, 2.24) is 4.37 Å². The number of nitrogens with zero attached hydrogens (tertiary/aromatic N) is 2. The van der Waals surface area contributed by atoms with Crippen molar-refractivity contribution in [3.05, 3.63) is 5.56 Å². The summed E-state index contributed by atoms with van der Waals surface area (Å²) >= 11 is 1.59. The second-order valence-corrected chi connectivity index (χ2v) is 5.65. The fourth-order valence-electron chi connectivity index (χ4n) is 2.40. The third kappa shape index (κ3) is 1.61. The maximum atomic E-state index is 5.96. The van der Waals surface area contributed by atoms with Crippen LogP contribution in [0, 0.1) is 5.92 Å². The summed E-state index contributed by atoms with van der Waals surface area (Å²) in [6.07, 6.45) is 3.92. The van der Waals surface area contributed by atoms with Gasteiger partial charge in [0.05, 0.1) is 0 Å². The van der Waals surface area contributed by atoms with Crippen molar-refractivity contribution in [2.75, 3.05) is 23.7 Å². The van der Waals surface area contributed by atoms with Crippen LogP contribution in [0.3, 0.4) is 0 Å². The fourth-order valence-corrected chi connectivity index (χ4v) is 3.34. The molecule has 1 atom stereocenters. The monoisotopic (exact) mass is 223 g/mol. The first-order valence-corrected chi connectivity index (χ1v) is 6.53. The Morgan fingerprint density at radius 3 is 2.80 bits per heavy atom. The van der Waals surface area contributed by atoms with Gasteiger partial charge in [-0.3, -0.25) is 0 Å². The number of hydrogen-bond acceptors (Lipinski definition) is 4. The molecule has 1 unspecified atom stereocenters. The summed E-state index contributed by atoms with van der Waals surface area (Å²) < 4.78 is 4.33. The minimum absolute atomic E-state index is 0.717. The third-order valence-electron chi connectivity index (χ3n) is 3.43. The first kappa shape index (κ1) is 9.46. The van der Waals surface area contributed by atoms with Gasteiger partial charge in [-0.25, -0.2) is 0 Å². The molecule has 4 heteroatoms. The van der Waals surface area contributed by atoms with Crippen LogP contribution in [0.5, 0.6) is 0 Å². The van der Waals surface area contributed by atoms with Gasteiger partial charge in [0, 0.05) is 18.7 Å². The maximum Gasteiger partial charge on any atom is 0.142 e. The molecule has 0 radical (unpaired) electrons. The lowest BCUT2D eigenvalue weighted by Gasteiger charge is -2.17. The van der Waals surface area contributed by atoms with Gasteiger partial charge in [0.2, 0.25) is 0 Å². The van der Waals surface area contributed by atoms with E-state index in [0.29, 0.717) is 0 Å². The maximum absolute atomic E-state index is 5.96. The minimum Gasteiger partial charge on any atom is -0.383 e. The summed E-state index contributed by atoms with van der Waals surface area (Å²) in [5, 5.41) is 1.36. The molecule has 2 N–H and O–H groups in total. The second kappa shape index (κ2) is 3.37. The number of nitrogens with two attached hydrogens (primary N) is 1. The molecule has 82 valence electrons. The Morgan fingerprint density at radius 2 is 2.20 bits per heavy atom. The molecule has 1 saturated heterocycles. The van der Waals surface area contributed by atoms with Crippen molar-refractivity contribution in [2.24, 2.45) is 5.92 Å². The highest BCUT2D eigenvalue weighted by atomic mass is 32.1. The van der Waals surface area contributed by atoms with E-state index in [4.69, 9.17) is 5.73 Å². The summed E-state index contributed by atoms with van der Waals surface area (Å²) in [4.78, 5) is 2.48. The van der Waals surface area contributed by atoms with Gasteiger partial charge in [-0.15, -0.1) is 0 Å². The molecular weight excluding hydrogens is 206 g/mol. The SMILES string of the molecule is CC1CCN(c2snc(N)c2C2CC2)C1. The summed E-state index contributed by atoms with van der Waals surface area (Å²) in [7, 11) is 0. The summed E-state index contributed by atoms with van der Waals surface area (Å²) in [5.74, 6) is 2.33. The van der Waals surface area contributed by atoms with Crippen molar-refractivity contribution in [3.8, 4) is 0 Å². The van der Waals surface area contributed by atoms with E-state index in [-0.39, 0.29) is 0 Å². The number of anilines is 2. The Hall–Kier alpha value is -0.770. The van der Waals surface area contributed by atoms with E-state index in [1.165, 1.54) is 42.9 Å². The second-order valence-electron chi connectivity index (χ2n) is 4.90. The Labute approximate surface area is 94.4 Å². The van der Waals surface area contributed by atoms with Crippen molar-refractivity contribution < 1.29 is 0 Å². The van der Waals surface area contributed by atoms with Gasteiger partial charge >= 0.3 is 0 Å². The van der Waals surface area contributed by atoms with Gasteiger partial charge in [-0.2, -0.15) is 4.37 Å². The van der Waals surface area contributed by atoms with Crippen molar-refractivity contribution in [1.29, 1.82) is 0 Å². The van der Waals surface area contributed by atoms with E-state index >= 15 is 0 Å². The molecule has 1 saturated carbocycles. The highest BCUT2D eigenvalue weighted by molar-refractivity contribution is 7.10. The molecule has 15 heavy (non-hydrogen) atoms. The lowest BCUT2D eigenvalue weighted by molar-refractivity contribution is 0.659. The largest absolute Gasteiger partial charge is 0.383 e. The predicted octanol–water partition coefficient (Wildman–Crippen LogP) is 2.45. The molecule has 3 rings (SSSR count). The van der Waals surface area contributed by atoms with Crippen LogP contribution in [-0.2, 0) is 0 Å². The van der Waals surface area contributed by atoms with Gasteiger partial charge < -0.3 is 10.6 Å². The van der Waals surface area contributed by atoms with Crippen LogP contribution in [0.15, 0.2) is 0 Å². The molecule has 0 aromatic carbocycles. The van der Waals surface area contributed by atoms with E-state index in [0.717, 1.165) is 17.7 Å². The number of rotatable bonds is 2. The van der Waals surface area contributed by atoms with Crippen LogP contribution in [-0.4, -0.2) is 17.5 Å². The number of aromatic nitrogens is 1. The quantitative estimate of drug-likeness (QED) is 0.837. The molecule has 2 aliphatic rings. The standard InChI is InChI=1S/C11H17N3S/c1-7-4-5-14(6-7)11-9(8-2-3-8)10(12)13-15-11/h7-8H,2-6H2,1H3,(H2,12,13). The van der Waals surface area contributed by atoms with E-state index in [1.54, 1.807) is 11.5 Å². The smallest absolute Gasteiger partial charge is 0.142 e. The number of nitrogen functional groups attached to an aromatic ring is 1. The summed E-state index contributed by atoms with van der Waals surface area (Å²) in [6, 6.07) is 0. The van der Waals surface area contributed by atoms with E-state index < -0.39 is 0 Å². The van der Waals surface area contributed by atoms with Gasteiger partial charge in [0.15, 0.2) is 0 Å². The Morgan fingerprint density at radius 1 is 1.40 bits per heavy atom. The van der Waals surface area contributed by atoms with Crippen LogP contribution >= 0.6 is 11.5 Å². The first-order valence-electron chi connectivity index (χ1n) is 5.75. The van der Waals surface area contributed by atoms with Crippen LogP contribution in [0.25, 0.3) is 0 Å². The highest BCUT2D eigenvalue weighted by Crippen LogP contribution is 2.49. The first-order chi connectivity index (χ1) is 7.25. The molecule has 1 aromatic rings. The van der Waals surface area contributed by atoms with Crippen LogP contribution < -0.4 is 10.6 Å². The Balaban J connectivity index is 1.90. The lowest BCUT2D eigenvalue weighted by atomic mass is 10.2. The zero-order chi connectivity index (χ0) is 10.4. The van der Waals surface area contributed by atoms with E-state index in [1.807, 2.05) is 0 Å². The van der Waals surface area contributed by atoms with Crippen molar-refractivity contribution >= 4 is 22.4 Å². The zero-order valence-electron chi connectivity index (χ0n) is 9.07. The average molecular weight is 223 g/mol. The molecule has 2 fully saturated rings. The normalized spacial score (nSPS) is 26.2. The van der Waals surface area contributed by atoms with Crippen LogP contribution in [0.1, 0.15) is 37.7 Å². The van der Waals surface area contributed by atoms with Crippen molar-refractivity contribution in [2.45, 2.75) is 32.1 Å². The summed E-state index contributed by atoms with van der Waals surface area (Å²) in [6.45, 7) is 4.69. The fraction of sp³-hybridized carbons (Fsp3) is 0.727. The predicted molar refractivity (Wildman–Crippen MR) is 64.5 cm³/mol. The van der Waals surface area contributed by atoms with E-state index in [2.05, 4.69) is 16.2 Å². The zero-order valence-corrected chi connectivity index (χ0v) is 9.89. The molecular formula is C11H17N3S. The lowest BCUT2D eigenvalue weighted by Crippen LogP contribution is -2.19.